The van der Waals surface area contributed by atoms with Gasteiger partial charge >= 0.3 is 0 Å². The monoisotopic (exact) mass is 449 g/mol. The summed E-state index contributed by atoms with van der Waals surface area (Å²) in [5, 5.41) is 13.8. The average molecular weight is 449 g/mol. The Labute approximate surface area is 184 Å². The van der Waals surface area contributed by atoms with E-state index in [2.05, 4.69) is 10.0 Å². The molecule has 1 aliphatic carbocycles. The van der Waals surface area contributed by atoms with Crippen LogP contribution < -0.4 is 10.0 Å². The molecule has 0 aromatic heterocycles. The molecular formula is C23H19N3O5S. The van der Waals surface area contributed by atoms with Crippen molar-refractivity contribution in [2.45, 2.75) is 17.7 Å². The van der Waals surface area contributed by atoms with Gasteiger partial charge in [0.05, 0.1) is 21.2 Å². The van der Waals surface area contributed by atoms with Crippen LogP contribution in [-0.4, -0.2) is 19.1 Å². The molecule has 0 fully saturated rings. The van der Waals surface area contributed by atoms with Gasteiger partial charge in [-0.25, -0.2) is 8.42 Å². The van der Waals surface area contributed by atoms with E-state index in [0.717, 1.165) is 24.1 Å². The third-order valence-electron chi connectivity index (χ3n) is 5.15. The maximum absolute atomic E-state index is 12.8. The number of fused-ring (bicyclic) bond motifs is 1. The number of para-hydroxylation sites is 2. The van der Waals surface area contributed by atoms with Crippen LogP contribution in [0.15, 0.2) is 89.5 Å². The molecule has 9 heteroatoms. The van der Waals surface area contributed by atoms with E-state index in [0.29, 0.717) is 23.2 Å². The molecule has 0 amide bonds. The van der Waals surface area contributed by atoms with E-state index in [9.17, 15) is 23.3 Å². The summed E-state index contributed by atoms with van der Waals surface area (Å²) >= 11 is 0. The highest BCUT2D eigenvalue weighted by Gasteiger charge is 2.22. The van der Waals surface area contributed by atoms with Gasteiger partial charge in [-0.05, 0) is 42.7 Å². The Hall–Kier alpha value is -3.98. The predicted molar refractivity (Wildman–Crippen MR) is 121 cm³/mol. The number of nitro benzene ring substituents is 1. The first kappa shape index (κ1) is 21.3. The molecule has 162 valence electrons. The van der Waals surface area contributed by atoms with Crippen molar-refractivity contribution in [3.8, 4) is 0 Å². The molecule has 4 rings (SSSR count). The van der Waals surface area contributed by atoms with E-state index < -0.39 is 14.9 Å². The van der Waals surface area contributed by atoms with Crippen LogP contribution in [0, 0.1) is 10.1 Å². The number of nitrogens with one attached hydrogen (secondary N) is 2. The minimum absolute atomic E-state index is 0.0525. The van der Waals surface area contributed by atoms with Gasteiger partial charge in [0.1, 0.15) is 0 Å². The summed E-state index contributed by atoms with van der Waals surface area (Å²) in [7, 11) is -3.97. The lowest BCUT2D eigenvalue weighted by molar-refractivity contribution is -0.384. The van der Waals surface area contributed by atoms with Gasteiger partial charge in [0.2, 0.25) is 0 Å². The van der Waals surface area contributed by atoms with Crippen LogP contribution in [0.2, 0.25) is 0 Å². The van der Waals surface area contributed by atoms with Crippen molar-refractivity contribution in [2.24, 2.45) is 0 Å². The Morgan fingerprint density at radius 2 is 1.53 bits per heavy atom. The van der Waals surface area contributed by atoms with Crippen LogP contribution in [0.3, 0.4) is 0 Å². The van der Waals surface area contributed by atoms with E-state index >= 15 is 0 Å². The zero-order chi connectivity index (χ0) is 22.7. The SMILES string of the molecule is O=C1/C(=C/Nc2ccccc2NS(=O)(=O)c2ccc([N+](=O)[O-])cc2)CCc2ccccc21. The number of nitro groups is 1. The fraction of sp³-hybridized carbons (Fsp3) is 0.0870. The number of anilines is 2. The van der Waals surface area contributed by atoms with E-state index in [-0.39, 0.29) is 22.1 Å². The van der Waals surface area contributed by atoms with Gasteiger partial charge in [-0.2, -0.15) is 0 Å². The molecule has 0 saturated carbocycles. The Balaban J connectivity index is 1.55. The Bertz CT molecular complexity index is 1330. The van der Waals surface area contributed by atoms with Crippen LogP contribution in [0.1, 0.15) is 22.3 Å². The van der Waals surface area contributed by atoms with Gasteiger partial charge in [-0.3, -0.25) is 19.6 Å². The first-order valence-electron chi connectivity index (χ1n) is 9.79. The van der Waals surface area contributed by atoms with E-state index in [1.807, 2.05) is 18.2 Å². The molecule has 0 saturated heterocycles. The number of carbonyl (C=O) groups excluding carboxylic acids is 1. The minimum atomic E-state index is -3.97. The third kappa shape index (κ3) is 4.37. The number of nitrogens with zero attached hydrogens (tertiary/aromatic N) is 1. The third-order valence-corrected chi connectivity index (χ3v) is 6.53. The molecule has 0 spiro atoms. The molecule has 3 aromatic rings. The number of benzene rings is 3. The van der Waals surface area contributed by atoms with Crippen LogP contribution >= 0.6 is 0 Å². The highest BCUT2D eigenvalue weighted by Crippen LogP contribution is 2.28. The molecule has 1 aliphatic rings. The lowest BCUT2D eigenvalue weighted by Crippen LogP contribution is -2.16. The van der Waals surface area contributed by atoms with Gasteiger partial charge < -0.3 is 5.32 Å². The van der Waals surface area contributed by atoms with Gasteiger partial charge in [-0.15, -0.1) is 0 Å². The lowest BCUT2D eigenvalue weighted by atomic mass is 9.87. The molecule has 3 aromatic carbocycles. The number of aryl methyl sites for hydroxylation is 1. The Morgan fingerprint density at radius 3 is 2.25 bits per heavy atom. The highest BCUT2D eigenvalue weighted by atomic mass is 32.2. The second kappa shape index (κ2) is 8.64. The topological polar surface area (TPSA) is 118 Å². The van der Waals surface area contributed by atoms with Gasteiger partial charge in [0.25, 0.3) is 15.7 Å². The molecule has 8 nitrogen and oxygen atoms in total. The number of non-ortho nitro benzene ring substituents is 1. The molecule has 0 radical (unpaired) electrons. The van der Waals surface area contributed by atoms with E-state index in [4.69, 9.17) is 0 Å². The molecule has 0 heterocycles. The summed E-state index contributed by atoms with van der Waals surface area (Å²) in [4.78, 5) is 22.8. The zero-order valence-electron chi connectivity index (χ0n) is 16.8. The minimum Gasteiger partial charge on any atom is -0.360 e. The molecular weight excluding hydrogens is 430 g/mol. The van der Waals surface area contributed by atoms with Crippen molar-refractivity contribution < 1.29 is 18.1 Å². The fourth-order valence-electron chi connectivity index (χ4n) is 3.47. The Kier molecular flexibility index (Phi) is 5.74. The summed E-state index contributed by atoms with van der Waals surface area (Å²) in [5.74, 6) is -0.0525. The maximum Gasteiger partial charge on any atom is 0.269 e. The summed E-state index contributed by atoms with van der Waals surface area (Å²) < 4.78 is 28.0. The van der Waals surface area contributed by atoms with Crippen molar-refractivity contribution in [1.82, 2.24) is 0 Å². The predicted octanol–water partition coefficient (Wildman–Crippen LogP) is 4.52. The number of rotatable bonds is 6. The van der Waals surface area contributed by atoms with Crippen LogP contribution in [0.25, 0.3) is 0 Å². The number of Topliss-reactive ketones (excluding diaryl/α,β-unsaturated/α-hetero) is 1. The number of carbonyl (C=O) groups is 1. The second-order valence-electron chi connectivity index (χ2n) is 7.20. The van der Waals surface area contributed by atoms with Crippen molar-refractivity contribution in [3.05, 3.63) is 106 Å². The second-order valence-corrected chi connectivity index (χ2v) is 8.88. The van der Waals surface area contributed by atoms with Crippen molar-refractivity contribution >= 4 is 32.9 Å². The van der Waals surface area contributed by atoms with Gasteiger partial charge in [-0.1, -0.05) is 36.4 Å². The summed E-state index contributed by atoms with van der Waals surface area (Å²) in [6, 6.07) is 18.8. The van der Waals surface area contributed by atoms with E-state index in [1.54, 1.807) is 36.5 Å². The van der Waals surface area contributed by atoms with Crippen LogP contribution in [0.4, 0.5) is 17.1 Å². The largest absolute Gasteiger partial charge is 0.360 e. The van der Waals surface area contributed by atoms with Crippen LogP contribution in [-0.2, 0) is 16.4 Å². The Morgan fingerprint density at radius 1 is 0.875 bits per heavy atom. The van der Waals surface area contributed by atoms with E-state index in [1.165, 1.54) is 12.1 Å². The summed E-state index contributed by atoms with van der Waals surface area (Å²) in [6.07, 6.45) is 2.95. The molecule has 0 aliphatic heterocycles. The standard InChI is InChI=1S/C23H19N3O5S/c27-23-17(10-9-16-5-1-2-6-20(16)23)15-24-21-7-3-4-8-22(21)25-32(30,31)19-13-11-18(12-14-19)26(28)29/h1-8,11-15,24-25H,9-10H2/b17-15+. The van der Waals surface area contributed by atoms with Gasteiger partial charge in [0, 0.05) is 29.5 Å². The first-order valence-corrected chi connectivity index (χ1v) is 11.3. The van der Waals surface area contributed by atoms with Crippen molar-refractivity contribution in [3.63, 3.8) is 0 Å². The van der Waals surface area contributed by atoms with Crippen LogP contribution in [0.5, 0.6) is 0 Å². The zero-order valence-corrected chi connectivity index (χ0v) is 17.6. The number of allylic oxidation sites excluding steroid dienone is 1. The number of ketones is 1. The van der Waals surface area contributed by atoms with Crippen molar-refractivity contribution in [1.29, 1.82) is 0 Å². The summed E-state index contributed by atoms with van der Waals surface area (Å²) in [5.41, 5.74) is 2.86. The number of hydrogen-bond donors (Lipinski definition) is 2. The molecule has 0 bridgehead atoms. The molecule has 2 N–H and O–H groups in total. The average Bonchev–Trinajstić information content (AvgIpc) is 2.79. The molecule has 0 atom stereocenters. The smallest absolute Gasteiger partial charge is 0.269 e. The number of hydrogen-bond acceptors (Lipinski definition) is 6. The molecule has 0 unspecified atom stereocenters. The molecule has 32 heavy (non-hydrogen) atoms. The number of sulfonamides is 1. The normalized spacial score (nSPS) is 14.6. The highest BCUT2D eigenvalue weighted by molar-refractivity contribution is 7.92. The quantitative estimate of drug-likeness (QED) is 0.324. The maximum atomic E-state index is 12.8. The first-order chi connectivity index (χ1) is 15.3. The van der Waals surface area contributed by atoms with Crippen molar-refractivity contribution in [2.75, 3.05) is 10.0 Å². The van der Waals surface area contributed by atoms with Gasteiger partial charge in [0.15, 0.2) is 5.78 Å². The lowest BCUT2D eigenvalue weighted by Gasteiger charge is -2.18. The summed E-state index contributed by atoms with van der Waals surface area (Å²) in [6.45, 7) is 0. The fourth-order valence-corrected chi connectivity index (χ4v) is 4.55.